The van der Waals surface area contributed by atoms with Crippen molar-refractivity contribution in [2.24, 2.45) is 0 Å². The second kappa shape index (κ2) is 22.0. The summed E-state index contributed by atoms with van der Waals surface area (Å²) < 4.78 is 23.9. The Balaban J connectivity index is 0. The van der Waals surface area contributed by atoms with Gasteiger partial charge in [-0.25, -0.2) is 0 Å². The van der Waals surface area contributed by atoms with Gasteiger partial charge < -0.3 is 27.9 Å². The van der Waals surface area contributed by atoms with Crippen LogP contribution in [0.25, 0.3) is 0 Å². The summed E-state index contributed by atoms with van der Waals surface area (Å²) in [5.74, 6) is 0. The molecule has 0 aliphatic heterocycles. The van der Waals surface area contributed by atoms with Crippen molar-refractivity contribution in [1.82, 2.24) is 0 Å². The molecule has 0 spiro atoms. The maximum absolute atomic E-state index is 7.62. The molecule has 0 radical (unpaired) electrons. The highest BCUT2D eigenvalue weighted by Gasteiger charge is 2.45. The third kappa shape index (κ3) is 18.6. The summed E-state index contributed by atoms with van der Waals surface area (Å²) >= 11 is 0. The van der Waals surface area contributed by atoms with Crippen molar-refractivity contribution >= 4 is 9.05 Å². The molecule has 0 saturated heterocycles. The van der Waals surface area contributed by atoms with Crippen LogP contribution in [0.5, 0.6) is 0 Å². The molecular weight excluding hydrogens is 340 g/mol. The van der Waals surface area contributed by atoms with E-state index in [4.69, 9.17) is 27.9 Å². The van der Waals surface area contributed by atoms with Crippen LogP contribution >= 0.6 is 0 Å². The van der Waals surface area contributed by atoms with E-state index in [2.05, 4.69) is 27.7 Å². The maximum Gasteiger partial charge on any atom is 0.679 e. The van der Waals surface area contributed by atoms with E-state index in [1.807, 2.05) is 0 Å². The summed E-state index contributed by atoms with van der Waals surface area (Å²) in [7, 11) is -2.94. The van der Waals surface area contributed by atoms with Gasteiger partial charge in [-0.1, -0.05) is 53.4 Å². The summed E-state index contributed by atoms with van der Waals surface area (Å²) in [5, 5.41) is 15.2. The Kier molecular flexibility index (Phi) is 24.0. The van der Waals surface area contributed by atoms with Gasteiger partial charge >= 0.3 is 9.05 Å². The van der Waals surface area contributed by atoms with Crippen LogP contribution in [0, 0.1) is 0 Å². The number of hydrogen-bond donors (Lipinski definition) is 2. The number of unbranched alkanes of at least 4 members (excludes halogenated alkanes) is 4. The summed E-state index contributed by atoms with van der Waals surface area (Å²) in [6.45, 7) is 11.0. The first-order valence-corrected chi connectivity index (χ1v) is 11.6. The Labute approximate surface area is 156 Å². The molecule has 0 aliphatic rings. The normalized spacial score (nSPS) is 11.3. The van der Waals surface area contributed by atoms with Gasteiger partial charge in [0.15, 0.2) is 0 Å². The van der Waals surface area contributed by atoms with Gasteiger partial charge in [-0.05, 0) is 25.7 Å². The smallest absolute Gasteiger partial charge is 0.394 e. The fourth-order valence-electron chi connectivity index (χ4n) is 1.62. The van der Waals surface area contributed by atoms with Crippen LogP contribution < -0.4 is 0 Å². The third-order valence-electron chi connectivity index (χ3n) is 3.21. The molecule has 2 N–H and O–H groups in total. The minimum Gasteiger partial charge on any atom is -0.394 e. The average molecular weight is 383 g/mol. The minimum atomic E-state index is -2.94. The van der Waals surface area contributed by atoms with Crippen LogP contribution in [0.1, 0.15) is 79.1 Å². The zero-order valence-corrected chi connectivity index (χ0v) is 17.9. The molecule has 0 saturated carbocycles. The van der Waals surface area contributed by atoms with Crippen molar-refractivity contribution in [3.63, 3.8) is 0 Å². The highest BCUT2D eigenvalue weighted by molar-refractivity contribution is 6.53. The van der Waals surface area contributed by atoms with Crippen LogP contribution in [-0.2, 0) is 17.7 Å². The van der Waals surface area contributed by atoms with Crippen LogP contribution in [0.15, 0.2) is 0 Å². The molecule has 0 fully saturated rings. The first-order chi connectivity index (χ1) is 12.2. The molecular formula is C18H42O6Si. The molecule has 0 aromatic carbocycles. The molecule has 6 nitrogen and oxygen atoms in total. The van der Waals surface area contributed by atoms with Crippen molar-refractivity contribution < 1.29 is 27.9 Å². The van der Waals surface area contributed by atoms with E-state index in [-0.39, 0.29) is 13.2 Å². The Morgan fingerprint density at radius 2 is 0.760 bits per heavy atom. The maximum atomic E-state index is 7.62. The Hall–Kier alpha value is -0.0231. The SMILES string of the molecule is CCCCO[Si](OCCCC)(OCCCC)OCCCC.OCCO. The van der Waals surface area contributed by atoms with Gasteiger partial charge in [-0.3, -0.25) is 0 Å². The highest BCUT2D eigenvalue weighted by Crippen LogP contribution is 2.15. The van der Waals surface area contributed by atoms with Crippen molar-refractivity contribution in [1.29, 1.82) is 0 Å². The van der Waals surface area contributed by atoms with Gasteiger partial charge in [-0.2, -0.15) is 0 Å². The Bertz CT molecular complexity index is 196. The van der Waals surface area contributed by atoms with Gasteiger partial charge in [0, 0.05) is 26.4 Å². The van der Waals surface area contributed by atoms with E-state index in [1.165, 1.54) is 0 Å². The predicted octanol–water partition coefficient (Wildman–Crippen LogP) is 3.66. The van der Waals surface area contributed by atoms with Gasteiger partial charge in [-0.15, -0.1) is 0 Å². The second-order valence-electron chi connectivity index (χ2n) is 5.76. The zero-order chi connectivity index (χ0) is 19.2. The number of rotatable bonds is 17. The van der Waals surface area contributed by atoms with Crippen LogP contribution in [0.4, 0.5) is 0 Å². The van der Waals surface area contributed by atoms with E-state index in [0.717, 1.165) is 51.4 Å². The second-order valence-corrected chi connectivity index (χ2v) is 7.91. The van der Waals surface area contributed by atoms with Gasteiger partial charge in [0.2, 0.25) is 0 Å². The molecule has 0 heterocycles. The van der Waals surface area contributed by atoms with Crippen LogP contribution in [0.2, 0.25) is 0 Å². The first kappa shape index (κ1) is 27.2. The lowest BCUT2D eigenvalue weighted by Crippen LogP contribution is -2.50. The summed E-state index contributed by atoms with van der Waals surface area (Å²) in [6.07, 6.45) is 8.46. The van der Waals surface area contributed by atoms with E-state index >= 15 is 0 Å². The lowest BCUT2D eigenvalue weighted by Gasteiger charge is -2.28. The zero-order valence-electron chi connectivity index (χ0n) is 16.9. The predicted molar refractivity (Wildman–Crippen MR) is 103 cm³/mol. The number of aliphatic hydroxyl groups excluding tert-OH is 2. The topological polar surface area (TPSA) is 77.4 Å². The molecule has 7 heteroatoms. The van der Waals surface area contributed by atoms with Gasteiger partial charge in [0.25, 0.3) is 0 Å². The van der Waals surface area contributed by atoms with E-state index in [9.17, 15) is 0 Å². The van der Waals surface area contributed by atoms with Crippen molar-refractivity contribution in [2.45, 2.75) is 79.1 Å². The van der Waals surface area contributed by atoms with Crippen LogP contribution in [-0.4, -0.2) is 58.9 Å². The summed E-state index contributed by atoms with van der Waals surface area (Å²) in [4.78, 5) is 0. The van der Waals surface area contributed by atoms with Crippen molar-refractivity contribution in [2.75, 3.05) is 39.6 Å². The van der Waals surface area contributed by atoms with Crippen molar-refractivity contribution in [3.8, 4) is 0 Å². The van der Waals surface area contributed by atoms with E-state index in [0.29, 0.717) is 26.4 Å². The number of hydrogen-bond acceptors (Lipinski definition) is 6. The lowest BCUT2D eigenvalue weighted by atomic mass is 10.4. The standard InChI is InChI=1S/C16H36O4Si.C2H6O2/c1-5-9-13-17-21(18-14-10-6-2,19-15-11-7-3)20-16-12-8-4;3-1-2-4/h5-16H2,1-4H3;3-4H,1-2H2. The molecule has 0 bridgehead atoms. The summed E-state index contributed by atoms with van der Waals surface area (Å²) in [6, 6.07) is 0. The molecule has 0 aromatic heterocycles. The van der Waals surface area contributed by atoms with Crippen LogP contribution in [0.3, 0.4) is 0 Å². The van der Waals surface area contributed by atoms with Gasteiger partial charge in [0.05, 0.1) is 13.2 Å². The third-order valence-corrected chi connectivity index (χ3v) is 5.44. The average Bonchev–Trinajstić information content (AvgIpc) is 2.63. The molecule has 0 atom stereocenters. The fraction of sp³-hybridized carbons (Fsp3) is 1.00. The molecule has 0 rings (SSSR count). The molecule has 0 aliphatic carbocycles. The van der Waals surface area contributed by atoms with Gasteiger partial charge in [0.1, 0.15) is 0 Å². The van der Waals surface area contributed by atoms with E-state index in [1.54, 1.807) is 0 Å². The lowest BCUT2D eigenvalue weighted by molar-refractivity contribution is -0.0368. The van der Waals surface area contributed by atoms with E-state index < -0.39 is 9.05 Å². The molecule has 154 valence electrons. The fourth-order valence-corrected chi connectivity index (χ4v) is 3.69. The Morgan fingerprint density at radius 3 is 0.920 bits per heavy atom. The van der Waals surface area contributed by atoms with Crippen molar-refractivity contribution in [3.05, 3.63) is 0 Å². The highest BCUT2D eigenvalue weighted by atomic mass is 28.4. The minimum absolute atomic E-state index is 0.125. The first-order valence-electron chi connectivity index (χ1n) is 9.93. The molecule has 25 heavy (non-hydrogen) atoms. The molecule has 0 aromatic rings. The monoisotopic (exact) mass is 382 g/mol. The Morgan fingerprint density at radius 1 is 0.520 bits per heavy atom. The molecule has 0 unspecified atom stereocenters. The molecule has 0 amide bonds. The number of aliphatic hydroxyl groups is 2. The quantitative estimate of drug-likeness (QED) is 0.295. The summed E-state index contributed by atoms with van der Waals surface area (Å²) in [5.41, 5.74) is 0. The largest absolute Gasteiger partial charge is 0.679 e.